The standard InChI is InChI=1S/C18H15P.C5H6/c1-4-10-16(11-5-1)19(17-12-6-2-7-13-17)18-14-8-3-9-15-18;1-2-4-5-3-1/h1-15H;1-4H,5H2. The maximum Gasteiger partial charge on any atom is -0.0134 e. The fraction of sp³-hybridized carbons (Fsp3) is 0.0435. The van der Waals surface area contributed by atoms with Gasteiger partial charge in [-0.1, -0.05) is 115 Å². The van der Waals surface area contributed by atoms with E-state index in [1.165, 1.54) is 15.9 Å². The lowest BCUT2D eigenvalue weighted by molar-refractivity contribution is 1.45. The normalized spacial score (nSPS) is 12.0. The lowest BCUT2D eigenvalue weighted by Gasteiger charge is -2.18. The van der Waals surface area contributed by atoms with Crippen molar-refractivity contribution in [1.82, 2.24) is 0 Å². The third kappa shape index (κ3) is 4.54. The van der Waals surface area contributed by atoms with E-state index in [0.29, 0.717) is 0 Å². The first-order chi connectivity index (χ1) is 11.9. The molecule has 0 saturated heterocycles. The van der Waals surface area contributed by atoms with Gasteiger partial charge in [-0.05, 0) is 30.3 Å². The molecule has 0 unspecified atom stereocenters. The number of hydrogen-bond donors (Lipinski definition) is 0. The van der Waals surface area contributed by atoms with Crippen LogP contribution < -0.4 is 15.9 Å². The van der Waals surface area contributed by atoms with E-state index in [-0.39, 0.29) is 0 Å². The fourth-order valence-electron chi connectivity index (χ4n) is 2.57. The molecular weight excluding hydrogens is 307 g/mol. The van der Waals surface area contributed by atoms with Gasteiger partial charge in [0.15, 0.2) is 0 Å². The Labute approximate surface area is 145 Å². The highest BCUT2D eigenvalue weighted by Gasteiger charge is 2.14. The zero-order chi connectivity index (χ0) is 16.5. The zero-order valence-corrected chi connectivity index (χ0v) is 14.5. The predicted octanol–water partition coefficient (Wildman–Crippen LogP) is 4.95. The van der Waals surface area contributed by atoms with Crippen molar-refractivity contribution >= 4 is 23.8 Å². The first-order valence-electron chi connectivity index (χ1n) is 8.22. The van der Waals surface area contributed by atoms with Crippen LogP contribution in [-0.4, -0.2) is 0 Å². The summed E-state index contributed by atoms with van der Waals surface area (Å²) in [4.78, 5) is 0. The van der Waals surface area contributed by atoms with Crippen LogP contribution in [0.2, 0.25) is 0 Å². The molecule has 3 aromatic rings. The van der Waals surface area contributed by atoms with E-state index in [2.05, 4.69) is 115 Å². The lowest BCUT2D eigenvalue weighted by atomic mass is 10.4. The molecule has 4 rings (SSSR count). The van der Waals surface area contributed by atoms with E-state index in [4.69, 9.17) is 0 Å². The molecule has 118 valence electrons. The minimum atomic E-state index is -0.446. The fourth-order valence-corrected chi connectivity index (χ4v) is 4.88. The summed E-state index contributed by atoms with van der Waals surface area (Å²) in [5.74, 6) is 0. The molecular formula is C23H21P. The molecule has 0 bridgehead atoms. The Hall–Kier alpha value is -2.43. The second kappa shape index (κ2) is 9.01. The largest absolute Gasteiger partial charge is 0.0808 e. The van der Waals surface area contributed by atoms with Gasteiger partial charge >= 0.3 is 0 Å². The summed E-state index contributed by atoms with van der Waals surface area (Å²) in [5.41, 5.74) is 0. The van der Waals surface area contributed by atoms with Crippen molar-refractivity contribution in [2.45, 2.75) is 6.42 Å². The Kier molecular flexibility index (Phi) is 6.17. The summed E-state index contributed by atoms with van der Waals surface area (Å²) >= 11 is 0. The highest BCUT2D eigenvalue weighted by molar-refractivity contribution is 7.79. The van der Waals surface area contributed by atoms with Crippen LogP contribution >= 0.6 is 7.92 Å². The third-order valence-corrected chi connectivity index (χ3v) is 6.14. The van der Waals surface area contributed by atoms with Gasteiger partial charge in [-0.25, -0.2) is 0 Å². The molecule has 0 atom stereocenters. The third-order valence-electron chi connectivity index (χ3n) is 3.70. The van der Waals surface area contributed by atoms with Crippen molar-refractivity contribution in [3.8, 4) is 0 Å². The first kappa shape index (κ1) is 16.4. The van der Waals surface area contributed by atoms with Gasteiger partial charge in [0.2, 0.25) is 0 Å². The summed E-state index contributed by atoms with van der Waals surface area (Å²) in [5, 5.41) is 4.19. The van der Waals surface area contributed by atoms with Gasteiger partial charge in [-0.15, -0.1) is 0 Å². The molecule has 0 N–H and O–H groups in total. The van der Waals surface area contributed by atoms with Crippen molar-refractivity contribution in [2.24, 2.45) is 0 Å². The van der Waals surface area contributed by atoms with Crippen LogP contribution in [0.25, 0.3) is 0 Å². The smallest absolute Gasteiger partial charge is 0.0134 e. The van der Waals surface area contributed by atoms with Crippen molar-refractivity contribution in [1.29, 1.82) is 0 Å². The summed E-state index contributed by atoms with van der Waals surface area (Å²) in [6.45, 7) is 0. The number of allylic oxidation sites excluding steroid dienone is 4. The summed E-state index contributed by atoms with van der Waals surface area (Å²) < 4.78 is 0. The molecule has 0 heterocycles. The molecule has 0 amide bonds. The zero-order valence-electron chi connectivity index (χ0n) is 13.6. The van der Waals surface area contributed by atoms with Gasteiger partial charge in [0, 0.05) is 0 Å². The van der Waals surface area contributed by atoms with Crippen LogP contribution in [0.3, 0.4) is 0 Å². The van der Waals surface area contributed by atoms with Crippen LogP contribution in [0.15, 0.2) is 115 Å². The predicted molar refractivity (Wildman–Crippen MR) is 108 cm³/mol. The Balaban J connectivity index is 0.000000290. The average molecular weight is 328 g/mol. The summed E-state index contributed by atoms with van der Waals surface area (Å²) in [6.07, 6.45) is 9.50. The molecule has 24 heavy (non-hydrogen) atoms. The molecule has 3 aromatic carbocycles. The SMILES string of the molecule is C1=CCC=C1.c1ccc(P(c2ccccc2)c2ccccc2)cc1. The maximum absolute atomic E-state index is 2.23. The van der Waals surface area contributed by atoms with E-state index in [1.807, 2.05) is 0 Å². The van der Waals surface area contributed by atoms with E-state index in [9.17, 15) is 0 Å². The Morgan fingerprint density at radius 1 is 0.458 bits per heavy atom. The topological polar surface area (TPSA) is 0 Å². The van der Waals surface area contributed by atoms with Gasteiger partial charge in [0.25, 0.3) is 0 Å². The van der Waals surface area contributed by atoms with E-state index < -0.39 is 7.92 Å². The van der Waals surface area contributed by atoms with Crippen LogP contribution in [-0.2, 0) is 0 Å². The quantitative estimate of drug-likeness (QED) is 0.597. The molecule has 1 heteroatoms. The van der Waals surface area contributed by atoms with Gasteiger partial charge in [0.05, 0.1) is 0 Å². The Morgan fingerprint density at radius 3 is 1.04 bits per heavy atom. The number of hydrogen-bond acceptors (Lipinski definition) is 0. The minimum absolute atomic E-state index is 0.446. The second-order valence-electron chi connectivity index (χ2n) is 5.43. The Bertz CT molecular complexity index is 670. The Morgan fingerprint density at radius 2 is 0.792 bits per heavy atom. The molecule has 0 radical (unpaired) electrons. The molecule has 1 aliphatic carbocycles. The van der Waals surface area contributed by atoms with Crippen molar-refractivity contribution in [3.63, 3.8) is 0 Å². The van der Waals surface area contributed by atoms with Crippen molar-refractivity contribution < 1.29 is 0 Å². The first-order valence-corrected chi connectivity index (χ1v) is 9.56. The highest BCUT2D eigenvalue weighted by Crippen LogP contribution is 2.32. The van der Waals surface area contributed by atoms with Gasteiger partial charge in [-0.2, -0.15) is 0 Å². The average Bonchev–Trinajstić information content (AvgIpc) is 3.25. The molecule has 0 aliphatic heterocycles. The van der Waals surface area contributed by atoms with Crippen LogP contribution in [0.1, 0.15) is 6.42 Å². The molecule has 0 aromatic heterocycles. The lowest BCUT2D eigenvalue weighted by Crippen LogP contribution is -2.20. The second-order valence-corrected chi connectivity index (χ2v) is 7.65. The van der Waals surface area contributed by atoms with Crippen LogP contribution in [0.4, 0.5) is 0 Å². The van der Waals surface area contributed by atoms with Gasteiger partial charge in [0.1, 0.15) is 0 Å². The van der Waals surface area contributed by atoms with Gasteiger partial charge < -0.3 is 0 Å². The molecule has 0 spiro atoms. The minimum Gasteiger partial charge on any atom is -0.0808 e. The van der Waals surface area contributed by atoms with Crippen molar-refractivity contribution in [2.75, 3.05) is 0 Å². The van der Waals surface area contributed by atoms with Crippen LogP contribution in [0, 0.1) is 0 Å². The monoisotopic (exact) mass is 328 g/mol. The van der Waals surface area contributed by atoms with Crippen molar-refractivity contribution in [3.05, 3.63) is 115 Å². The van der Waals surface area contributed by atoms with E-state index in [1.54, 1.807) is 0 Å². The molecule has 0 saturated carbocycles. The van der Waals surface area contributed by atoms with Gasteiger partial charge in [-0.3, -0.25) is 0 Å². The summed E-state index contributed by atoms with van der Waals surface area (Å²) in [7, 11) is -0.446. The molecule has 0 nitrogen and oxygen atoms in total. The van der Waals surface area contributed by atoms with E-state index >= 15 is 0 Å². The maximum atomic E-state index is 2.23. The number of rotatable bonds is 3. The summed E-state index contributed by atoms with van der Waals surface area (Å²) in [6, 6.07) is 32.3. The van der Waals surface area contributed by atoms with Crippen LogP contribution in [0.5, 0.6) is 0 Å². The molecule has 0 fully saturated rings. The number of benzene rings is 3. The molecule has 1 aliphatic rings. The highest BCUT2D eigenvalue weighted by atomic mass is 31.1. The van der Waals surface area contributed by atoms with E-state index in [0.717, 1.165) is 6.42 Å².